The number of ketones is 1. The molecule has 0 atom stereocenters. The van der Waals surface area contributed by atoms with E-state index in [1.54, 1.807) is 4.90 Å². The highest BCUT2D eigenvalue weighted by atomic mass is 79.9. The third kappa shape index (κ3) is 3.67. The largest absolute Gasteiger partial charge is 0.335 e. The van der Waals surface area contributed by atoms with Crippen LogP contribution < -0.4 is 0 Å². The number of rotatable bonds is 3. The van der Waals surface area contributed by atoms with Crippen molar-refractivity contribution in [3.8, 4) is 0 Å². The van der Waals surface area contributed by atoms with Crippen LogP contribution in [0, 0.1) is 0 Å². The van der Waals surface area contributed by atoms with Crippen LogP contribution >= 0.6 is 15.9 Å². The number of benzene rings is 1. The summed E-state index contributed by atoms with van der Waals surface area (Å²) in [5.41, 5.74) is 1.14. The van der Waals surface area contributed by atoms with Gasteiger partial charge in [-0.15, -0.1) is 0 Å². The van der Waals surface area contributed by atoms with Crippen LogP contribution in [0.15, 0.2) is 28.7 Å². The molecule has 1 aliphatic rings. The van der Waals surface area contributed by atoms with Crippen molar-refractivity contribution in [3.63, 3.8) is 0 Å². The standard InChI is InChI=1S/C14H16BrNO2/c15-12-4-1-3-11(9-12)6-7-14(18)16-8-2-5-13(17)10-16/h1,3-4,9H,2,5-8,10H2. The van der Waals surface area contributed by atoms with Crippen LogP contribution in [0.5, 0.6) is 0 Å². The molecule has 0 bridgehead atoms. The highest BCUT2D eigenvalue weighted by Crippen LogP contribution is 2.14. The second-order valence-corrected chi connectivity index (χ2v) is 5.50. The van der Waals surface area contributed by atoms with Gasteiger partial charge >= 0.3 is 0 Å². The van der Waals surface area contributed by atoms with Crippen LogP contribution in [-0.2, 0) is 16.0 Å². The molecule has 0 unspecified atom stereocenters. The maximum absolute atomic E-state index is 12.0. The number of hydrogen-bond donors (Lipinski definition) is 0. The SMILES string of the molecule is O=C1CCCN(C(=O)CCc2cccc(Br)c2)C1. The van der Waals surface area contributed by atoms with Crippen molar-refractivity contribution < 1.29 is 9.59 Å². The second kappa shape index (κ2) is 6.14. The van der Waals surface area contributed by atoms with Crippen molar-refractivity contribution in [2.24, 2.45) is 0 Å². The van der Waals surface area contributed by atoms with E-state index in [-0.39, 0.29) is 11.7 Å². The predicted octanol–water partition coefficient (Wildman–Crippen LogP) is 2.57. The van der Waals surface area contributed by atoms with Crippen LogP contribution in [-0.4, -0.2) is 29.7 Å². The van der Waals surface area contributed by atoms with E-state index in [1.807, 2.05) is 24.3 Å². The Labute approximate surface area is 115 Å². The summed E-state index contributed by atoms with van der Waals surface area (Å²) in [4.78, 5) is 24.9. The van der Waals surface area contributed by atoms with Crippen molar-refractivity contribution >= 4 is 27.6 Å². The van der Waals surface area contributed by atoms with E-state index in [0.29, 0.717) is 19.4 Å². The lowest BCUT2D eigenvalue weighted by molar-refractivity contribution is -0.137. The molecular formula is C14H16BrNO2. The lowest BCUT2D eigenvalue weighted by Crippen LogP contribution is -2.40. The first kappa shape index (κ1) is 13.3. The molecule has 18 heavy (non-hydrogen) atoms. The molecule has 1 amide bonds. The molecule has 0 N–H and O–H groups in total. The first-order valence-electron chi connectivity index (χ1n) is 6.19. The molecule has 1 fully saturated rings. The molecule has 3 nitrogen and oxygen atoms in total. The molecule has 2 rings (SSSR count). The van der Waals surface area contributed by atoms with Gasteiger partial charge in [0.25, 0.3) is 0 Å². The van der Waals surface area contributed by atoms with Gasteiger partial charge in [-0.25, -0.2) is 0 Å². The molecular weight excluding hydrogens is 294 g/mol. The number of hydrogen-bond acceptors (Lipinski definition) is 2. The van der Waals surface area contributed by atoms with E-state index < -0.39 is 0 Å². The normalized spacial score (nSPS) is 15.8. The first-order chi connectivity index (χ1) is 8.65. The van der Waals surface area contributed by atoms with Crippen LogP contribution in [0.4, 0.5) is 0 Å². The molecule has 4 heteroatoms. The van der Waals surface area contributed by atoms with Crippen LogP contribution in [0.3, 0.4) is 0 Å². The molecule has 1 aromatic rings. The van der Waals surface area contributed by atoms with Crippen LogP contribution in [0.25, 0.3) is 0 Å². The van der Waals surface area contributed by atoms with Gasteiger partial charge in [-0.1, -0.05) is 28.1 Å². The van der Waals surface area contributed by atoms with E-state index in [9.17, 15) is 9.59 Å². The minimum atomic E-state index is 0.0861. The van der Waals surface area contributed by atoms with Crippen molar-refractivity contribution in [2.45, 2.75) is 25.7 Å². The fourth-order valence-corrected chi connectivity index (χ4v) is 2.60. The molecule has 0 aromatic heterocycles. The smallest absolute Gasteiger partial charge is 0.223 e. The number of carbonyl (C=O) groups is 2. The third-order valence-corrected chi connectivity index (χ3v) is 3.61. The summed E-state index contributed by atoms with van der Waals surface area (Å²) in [5.74, 6) is 0.264. The van der Waals surface area contributed by atoms with E-state index in [1.165, 1.54) is 0 Å². The Balaban J connectivity index is 1.86. The second-order valence-electron chi connectivity index (χ2n) is 4.59. The van der Waals surface area contributed by atoms with Crippen molar-refractivity contribution in [3.05, 3.63) is 34.3 Å². The summed E-state index contributed by atoms with van der Waals surface area (Å²) in [6.07, 6.45) is 2.63. The zero-order valence-corrected chi connectivity index (χ0v) is 11.8. The Kier molecular flexibility index (Phi) is 4.53. The fourth-order valence-electron chi connectivity index (χ4n) is 2.15. The van der Waals surface area contributed by atoms with Gasteiger partial charge in [0.2, 0.25) is 5.91 Å². The number of Topliss-reactive ketones (excluding diaryl/α,β-unsaturated/α-hetero) is 1. The highest BCUT2D eigenvalue weighted by Gasteiger charge is 2.20. The Hall–Kier alpha value is -1.16. The maximum atomic E-state index is 12.0. The van der Waals surface area contributed by atoms with Gasteiger partial charge in [-0.05, 0) is 30.5 Å². The number of nitrogens with zero attached hydrogens (tertiary/aromatic N) is 1. The molecule has 1 heterocycles. The minimum absolute atomic E-state index is 0.0861. The average molecular weight is 310 g/mol. The van der Waals surface area contributed by atoms with Crippen molar-refractivity contribution in [2.75, 3.05) is 13.1 Å². The van der Waals surface area contributed by atoms with Gasteiger partial charge in [-0.3, -0.25) is 9.59 Å². The summed E-state index contributed by atoms with van der Waals surface area (Å²) in [6, 6.07) is 7.97. The van der Waals surface area contributed by atoms with Gasteiger partial charge in [0, 0.05) is 23.9 Å². The highest BCUT2D eigenvalue weighted by molar-refractivity contribution is 9.10. The Morgan fingerprint density at radius 3 is 2.94 bits per heavy atom. The topological polar surface area (TPSA) is 37.4 Å². The van der Waals surface area contributed by atoms with Crippen LogP contribution in [0.2, 0.25) is 0 Å². The molecule has 0 saturated carbocycles. The molecule has 1 aliphatic heterocycles. The minimum Gasteiger partial charge on any atom is -0.335 e. The summed E-state index contributed by atoms with van der Waals surface area (Å²) in [7, 11) is 0. The summed E-state index contributed by atoms with van der Waals surface area (Å²) in [5, 5.41) is 0. The monoisotopic (exact) mass is 309 g/mol. The number of piperidine rings is 1. The van der Waals surface area contributed by atoms with Gasteiger partial charge in [0.05, 0.1) is 6.54 Å². The van der Waals surface area contributed by atoms with Crippen LogP contribution in [0.1, 0.15) is 24.8 Å². The summed E-state index contributed by atoms with van der Waals surface area (Å²) >= 11 is 3.41. The lowest BCUT2D eigenvalue weighted by Gasteiger charge is -2.25. The Morgan fingerprint density at radius 1 is 1.39 bits per heavy atom. The number of aryl methyl sites for hydroxylation is 1. The quantitative estimate of drug-likeness (QED) is 0.860. The Bertz CT molecular complexity index is 459. The lowest BCUT2D eigenvalue weighted by atomic mass is 10.1. The van der Waals surface area contributed by atoms with E-state index in [2.05, 4.69) is 15.9 Å². The first-order valence-corrected chi connectivity index (χ1v) is 6.98. The predicted molar refractivity (Wildman–Crippen MR) is 73.3 cm³/mol. The fraction of sp³-hybridized carbons (Fsp3) is 0.429. The zero-order chi connectivity index (χ0) is 13.0. The average Bonchev–Trinajstić information content (AvgIpc) is 2.36. The molecule has 0 aliphatic carbocycles. The summed E-state index contributed by atoms with van der Waals surface area (Å²) < 4.78 is 1.03. The van der Waals surface area contributed by atoms with Gasteiger partial charge in [0.1, 0.15) is 0 Å². The number of amides is 1. The van der Waals surface area contributed by atoms with Gasteiger partial charge in [0.15, 0.2) is 5.78 Å². The number of likely N-dealkylation sites (tertiary alicyclic amines) is 1. The van der Waals surface area contributed by atoms with E-state index >= 15 is 0 Å². The zero-order valence-electron chi connectivity index (χ0n) is 10.2. The Morgan fingerprint density at radius 2 is 2.22 bits per heavy atom. The molecule has 96 valence electrons. The number of carbonyl (C=O) groups excluding carboxylic acids is 2. The molecule has 0 spiro atoms. The van der Waals surface area contributed by atoms with Crippen molar-refractivity contribution in [1.29, 1.82) is 0 Å². The molecule has 1 saturated heterocycles. The number of halogens is 1. The third-order valence-electron chi connectivity index (χ3n) is 3.12. The van der Waals surface area contributed by atoms with Gasteiger partial charge < -0.3 is 4.90 Å². The van der Waals surface area contributed by atoms with E-state index in [4.69, 9.17) is 0 Å². The summed E-state index contributed by atoms with van der Waals surface area (Å²) in [6.45, 7) is 1.03. The molecule has 0 radical (unpaired) electrons. The van der Waals surface area contributed by atoms with Gasteiger partial charge in [-0.2, -0.15) is 0 Å². The van der Waals surface area contributed by atoms with Crippen molar-refractivity contribution in [1.82, 2.24) is 4.90 Å². The van der Waals surface area contributed by atoms with E-state index in [0.717, 1.165) is 29.4 Å². The molecule has 1 aromatic carbocycles. The maximum Gasteiger partial charge on any atom is 0.223 e.